The van der Waals surface area contributed by atoms with Crippen LogP contribution in [0.15, 0.2) is 36.1 Å². The van der Waals surface area contributed by atoms with E-state index in [0.29, 0.717) is 19.4 Å². The molecule has 0 unspecified atom stereocenters. The maximum absolute atomic E-state index is 11.8. The summed E-state index contributed by atoms with van der Waals surface area (Å²) in [6, 6.07) is 0. The molecule has 0 aromatic carbocycles. The summed E-state index contributed by atoms with van der Waals surface area (Å²) in [6.45, 7) is 1.51. The summed E-state index contributed by atoms with van der Waals surface area (Å²) in [6.07, 6.45) is 16.8. The van der Waals surface area contributed by atoms with E-state index in [-0.39, 0.29) is 11.9 Å². The Morgan fingerprint density at radius 3 is 2.67 bits per heavy atom. The Morgan fingerprint density at radius 1 is 1.12 bits per heavy atom. The van der Waals surface area contributed by atoms with Crippen LogP contribution < -0.4 is 10.6 Å². The lowest BCUT2D eigenvalue weighted by Crippen LogP contribution is -2.24. The fourth-order valence-electron chi connectivity index (χ4n) is 2.41. The zero-order valence-electron chi connectivity index (χ0n) is 14.7. The Labute approximate surface area is 145 Å². The molecule has 0 spiro atoms. The maximum Gasteiger partial charge on any atom is 0.305 e. The molecule has 1 aliphatic heterocycles. The van der Waals surface area contributed by atoms with Crippen molar-refractivity contribution in [3.8, 4) is 0 Å². The van der Waals surface area contributed by atoms with Crippen LogP contribution in [0.3, 0.4) is 0 Å². The highest BCUT2D eigenvalue weighted by Crippen LogP contribution is 2.08. The molecule has 1 rings (SSSR count). The Morgan fingerprint density at radius 2 is 1.88 bits per heavy atom. The Balaban J connectivity index is 2.04. The predicted molar refractivity (Wildman–Crippen MR) is 96.3 cm³/mol. The summed E-state index contributed by atoms with van der Waals surface area (Å²) in [4.78, 5) is 22.8. The number of rotatable bonds is 10. The van der Waals surface area contributed by atoms with E-state index in [4.69, 9.17) is 0 Å². The molecule has 0 saturated carbocycles. The van der Waals surface area contributed by atoms with Crippen LogP contribution in [0.4, 0.5) is 0 Å². The van der Waals surface area contributed by atoms with Crippen molar-refractivity contribution < 1.29 is 14.3 Å². The fourth-order valence-corrected chi connectivity index (χ4v) is 2.41. The van der Waals surface area contributed by atoms with Crippen LogP contribution in [-0.4, -0.2) is 32.1 Å². The molecule has 0 aromatic rings. The first-order valence-corrected chi connectivity index (χ1v) is 8.79. The third-order valence-electron chi connectivity index (χ3n) is 3.84. The summed E-state index contributed by atoms with van der Waals surface area (Å²) in [7, 11) is 1.41. The van der Waals surface area contributed by atoms with Crippen molar-refractivity contribution >= 4 is 11.9 Å². The summed E-state index contributed by atoms with van der Waals surface area (Å²) >= 11 is 0. The molecule has 0 aromatic heterocycles. The average molecular weight is 334 g/mol. The number of carbonyl (C=O) groups excluding carboxylic acids is 2. The lowest BCUT2D eigenvalue weighted by atomic mass is 10.1. The van der Waals surface area contributed by atoms with Gasteiger partial charge in [-0.2, -0.15) is 0 Å². The number of methoxy groups -OCH3 is 1. The highest BCUT2D eigenvalue weighted by Gasteiger charge is 2.03. The van der Waals surface area contributed by atoms with Crippen molar-refractivity contribution in [2.75, 3.05) is 20.2 Å². The van der Waals surface area contributed by atoms with Crippen molar-refractivity contribution in [2.24, 2.45) is 0 Å². The van der Waals surface area contributed by atoms with E-state index >= 15 is 0 Å². The number of ether oxygens (including phenoxy) is 1. The van der Waals surface area contributed by atoms with Gasteiger partial charge in [-0.3, -0.25) is 9.59 Å². The summed E-state index contributed by atoms with van der Waals surface area (Å²) in [5.41, 5.74) is 1.29. The van der Waals surface area contributed by atoms with Gasteiger partial charge in [0, 0.05) is 25.9 Å². The van der Waals surface area contributed by atoms with Gasteiger partial charge in [-0.1, -0.05) is 37.1 Å². The predicted octanol–water partition coefficient (Wildman–Crippen LogP) is 3.00. The number of amides is 1. The van der Waals surface area contributed by atoms with Crippen molar-refractivity contribution in [1.29, 1.82) is 0 Å². The smallest absolute Gasteiger partial charge is 0.305 e. The highest BCUT2D eigenvalue weighted by molar-refractivity contribution is 5.75. The van der Waals surface area contributed by atoms with Gasteiger partial charge >= 0.3 is 5.97 Å². The quantitative estimate of drug-likeness (QED) is 0.476. The highest BCUT2D eigenvalue weighted by atomic mass is 16.5. The van der Waals surface area contributed by atoms with E-state index in [9.17, 15) is 9.59 Å². The lowest BCUT2D eigenvalue weighted by Gasteiger charge is -2.08. The van der Waals surface area contributed by atoms with E-state index in [1.165, 1.54) is 12.7 Å². The topological polar surface area (TPSA) is 67.4 Å². The maximum atomic E-state index is 11.8. The lowest BCUT2D eigenvalue weighted by molar-refractivity contribution is -0.140. The standard InChI is InChI=1S/C19H30N2O3/c1-24-19(23)12-8-3-2-7-11-18(22)21-15-13-17-10-6-4-5-9-14-20-16-17/h4-6,9,16,20H,2-3,7-8,10-15H2,1H3,(H,21,22)/b6-4-,9-5-,17-16+. The average Bonchev–Trinajstić information content (AvgIpc) is 2.71. The Hall–Kier alpha value is -2.04. The van der Waals surface area contributed by atoms with E-state index in [0.717, 1.165) is 45.1 Å². The first kappa shape index (κ1) is 20.0. The van der Waals surface area contributed by atoms with Gasteiger partial charge in [0.15, 0.2) is 0 Å². The molecular weight excluding hydrogens is 304 g/mol. The van der Waals surface area contributed by atoms with Crippen LogP contribution in [0.25, 0.3) is 0 Å². The zero-order chi connectivity index (χ0) is 17.5. The van der Waals surface area contributed by atoms with Gasteiger partial charge in [-0.25, -0.2) is 0 Å². The summed E-state index contributed by atoms with van der Waals surface area (Å²) < 4.78 is 4.59. The summed E-state index contributed by atoms with van der Waals surface area (Å²) in [5.74, 6) is -0.0520. The van der Waals surface area contributed by atoms with E-state index in [1.54, 1.807) is 0 Å². The minimum absolute atomic E-state index is 0.108. The van der Waals surface area contributed by atoms with Crippen LogP contribution in [0.1, 0.15) is 51.4 Å². The van der Waals surface area contributed by atoms with Crippen LogP contribution in [0, 0.1) is 0 Å². The molecule has 1 heterocycles. The van der Waals surface area contributed by atoms with E-state index < -0.39 is 0 Å². The molecule has 0 atom stereocenters. The molecule has 5 nitrogen and oxygen atoms in total. The second-order valence-corrected chi connectivity index (χ2v) is 5.86. The van der Waals surface area contributed by atoms with E-state index in [1.807, 2.05) is 12.3 Å². The number of esters is 1. The second-order valence-electron chi connectivity index (χ2n) is 5.86. The molecule has 0 aliphatic carbocycles. The molecule has 0 bridgehead atoms. The Bertz CT molecular complexity index is 467. The van der Waals surface area contributed by atoms with Gasteiger partial charge in [0.1, 0.15) is 0 Å². The van der Waals surface area contributed by atoms with Crippen LogP contribution in [0.5, 0.6) is 0 Å². The van der Waals surface area contributed by atoms with Crippen LogP contribution in [-0.2, 0) is 14.3 Å². The monoisotopic (exact) mass is 334 g/mol. The number of carbonyl (C=O) groups is 2. The number of allylic oxidation sites excluding steroid dienone is 3. The Kier molecular flexibility index (Phi) is 11.2. The molecule has 2 N–H and O–H groups in total. The van der Waals surface area contributed by atoms with Crippen LogP contribution in [0.2, 0.25) is 0 Å². The van der Waals surface area contributed by atoms with Gasteiger partial charge in [-0.15, -0.1) is 0 Å². The third kappa shape index (κ3) is 10.6. The molecule has 0 saturated heterocycles. The van der Waals surface area contributed by atoms with Gasteiger partial charge < -0.3 is 15.4 Å². The SMILES string of the molecule is COC(=O)CCCCCCC(=O)NCC/C1=C/NC/C=C\C=C/C1. The minimum Gasteiger partial charge on any atom is -0.469 e. The fraction of sp³-hybridized carbons (Fsp3) is 0.579. The van der Waals surface area contributed by atoms with Gasteiger partial charge in [-0.05, 0) is 37.5 Å². The molecule has 134 valence electrons. The van der Waals surface area contributed by atoms with E-state index in [2.05, 4.69) is 33.6 Å². The molecule has 0 radical (unpaired) electrons. The molecule has 5 heteroatoms. The number of nitrogens with one attached hydrogen (secondary N) is 2. The van der Waals surface area contributed by atoms with Gasteiger partial charge in [0.2, 0.25) is 5.91 Å². The van der Waals surface area contributed by atoms with Gasteiger partial charge in [0.25, 0.3) is 0 Å². The van der Waals surface area contributed by atoms with Crippen molar-refractivity contribution in [3.05, 3.63) is 36.1 Å². The molecule has 24 heavy (non-hydrogen) atoms. The van der Waals surface area contributed by atoms with Crippen molar-refractivity contribution in [2.45, 2.75) is 51.4 Å². The summed E-state index contributed by atoms with van der Waals surface area (Å²) in [5, 5.41) is 6.23. The number of unbranched alkanes of at least 4 members (excludes halogenated alkanes) is 3. The first-order chi connectivity index (χ1) is 11.7. The number of hydrogen-bond donors (Lipinski definition) is 2. The van der Waals surface area contributed by atoms with Crippen LogP contribution >= 0.6 is 0 Å². The third-order valence-corrected chi connectivity index (χ3v) is 3.84. The molecule has 0 fully saturated rings. The molecular formula is C19H30N2O3. The normalized spacial score (nSPS) is 18.8. The minimum atomic E-state index is -0.160. The second kappa shape index (κ2) is 13.4. The van der Waals surface area contributed by atoms with Gasteiger partial charge in [0.05, 0.1) is 7.11 Å². The van der Waals surface area contributed by atoms with Crippen molar-refractivity contribution in [1.82, 2.24) is 10.6 Å². The number of hydrogen-bond acceptors (Lipinski definition) is 4. The van der Waals surface area contributed by atoms with Crippen molar-refractivity contribution in [3.63, 3.8) is 0 Å². The zero-order valence-corrected chi connectivity index (χ0v) is 14.7. The molecule has 1 amide bonds. The first-order valence-electron chi connectivity index (χ1n) is 8.79. The largest absolute Gasteiger partial charge is 0.469 e. The molecule has 1 aliphatic rings.